The monoisotopic (exact) mass is 616 g/mol. The Morgan fingerprint density at radius 3 is 1.50 bits per heavy atom. The third-order valence-electron chi connectivity index (χ3n) is 9.32. The first-order valence-corrected chi connectivity index (χ1v) is 16.0. The maximum absolute atomic E-state index is 14.4. The van der Waals surface area contributed by atoms with Gasteiger partial charge >= 0.3 is 0 Å². The molecule has 1 aliphatic rings. The van der Waals surface area contributed by atoms with Crippen LogP contribution in [-0.2, 0) is 5.41 Å². The largest absolute Gasteiger partial charge is 0.279 e. The molecule has 0 amide bonds. The van der Waals surface area contributed by atoms with Crippen molar-refractivity contribution in [2.24, 2.45) is 0 Å². The Balaban J connectivity index is 1.30. The Hall–Kier alpha value is -6.46. The Morgan fingerprint density at radius 1 is 0.458 bits per heavy atom. The molecule has 0 atom stereocenters. The lowest BCUT2D eigenvalue weighted by molar-refractivity contribution is 0.0952. The Kier molecular flexibility index (Phi) is 6.44. The molecule has 5 heteroatoms. The maximum Gasteiger partial charge on any atom is 0.262 e. The SMILES string of the molecule is O=C1c2ccccc2C(c2ccccc2)(c2ccccc2)c2cc3cc(-c4nc(-c5ccccc5)nc(-c5ccccc5)n4)ccc3n21. The van der Waals surface area contributed by atoms with Crippen LogP contribution in [-0.4, -0.2) is 25.4 Å². The van der Waals surface area contributed by atoms with Gasteiger partial charge in [-0.2, -0.15) is 0 Å². The van der Waals surface area contributed by atoms with Gasteiger partial charge in [-0.3, -0.25) is 9.36 Å². The molecule has 0 N–H and O–H groups in total. The number of carbonyl (C=O) groups excluding carboxylic acids is 1. The normalized spacial score (nSPS) is 13.2. The van der Waals surface area contributed by atoms with Crippen LogP contribution in [0.2, 0.25) is 0 Å². The van der Waals surface area contributed by atoms with Crippen molar-refractivity contribution >= 4 is 16.8 Å². The van der Waals surface area contributed by atoms with Gasteiger partial charge < -0.3 is 0 Å². The average Bonchev–Trinajstić information content (AvgIpc) is 3.56. The molecule has 0 saturated heterocycles. The van der Waals surface area contributed by atoms with Crippen LogP contribution >= 0.6 is 0 Å². The van der Waals surface area contributed by atoms with E-state index in [0.717, 1.165) is 50.0 Å². The highest BCUT2D eigenvalue weighted by molar-refractivity contribution is 6.07. The van der Waals surface area contributed by atoms with Crippen LogP contribution in [0.15, 0.2) is 170 Å². The molecule has 0 radical (unpaired) electrons. The summed E-state index contributed by atoms with van der Waals surface area (Å²) in [5.41, 5.74) is 7.55. The Bertz CT molecular complexity index is 2360. The van der Waals surface area contributed by atoms with E-state index in [2.05, 4.69) is 66.7 Å². The standard InChI is InChI=1S/C43H28N4O/c48-42-35-23-13-14-24-36(35)43(33-19-9-3-10-20-33,34-21-11-4-12-22-34)38-28-32-27-31(25-26-37(32)47(38)42)41-45-39(29-15-5-1-6-16-29)44-40(46-41)30-17-7-2-8-18-30/h1-28H. The van der Waals surface area contributed by atoms with Gasteiger partial charge in [0.25, 0.3) is 5.91 Å². The predicted octanol–water partition coefficient (Wildman–Crippen LogP) is 9.21. The molecule has 3 heterocycles. The molecule has 0 unspecified atom stereocenters. The third kappa shape index (κ3) is 4.25. The molecule has 5 nitrogen and oxygen atoms in total. The molecule has 0 saturated carbocycles. The molecule has 6 aromatic carbocycles. The van der Waals surface area contributed by atoms with E-state index < -0.39 is 5.41 Å². The number of carbonyl (C=O) groups is 1. The summed E-state index contributed by atoms with van der Waals surface area (Å²) in [6.45, 7) is 0. The first-order valence-electron chi connectivity index (χ1n) is 16.0. The molecule has 8 aromatic rings. The molecule has 226 valence electrons. The van der Waals surface area contributed by atoms with Gasteiger partial charge in [0.15, 0.2) is 17.5 Å². The number of fused-ring (bicyclic) bond motifs is 4. The van der Waals surface area contributed by atoms with E-state index in [1.807, 2.05) is 108 Å². The summed E-state index contributed by atoms with van der Waals surface area (Å²) in [5, 5.41) is 0.933. The van der Waals surface area contributed by atoms with Crippen LogP contribution in [0.1, 0.15) is 32.7 Å². The first kappa shape index (κ1) is 27.8. The average molecular weight is 617 g/mol. The van der Waals surface area contributed by atoms with Crippen LogP contribution in [0, 0.1) is 0 Å². The predicted molar refractivity (Wildman–Crippen MR) is 190 cm³/mol. The van der Waals surface area contributed by atoms with Crippen molar-refractivity contribution in [3.63, 3.8) is 0 Å². The summed E-state index contributed by atoms with van der Waals surface area (Å²) >= 11 is 0. The number of benzene rings is 6. The van der Waals surface area contributed by atoms with E-state index in [1.165, 1.54) is 0 Å². The van der Waals surface area contributed by atoms with Gasteiger partial charge in [-0.25, -0.2) is 15.0 Å². The van der Waals surface area contributed by atoms with Crippen molar-refractivity contribution in [3.05, 3.63) is 198 Å². The zero-order valence-corrected chi connectivity index (χ0v) is 25.9. The van der Waals surface area contributed by atoms with Crippen LogP contribution in [0.4, 0.5) is 0 Å². The number of rotatable bonds is 5. The number of nitrogens with zero attached hydrogens (tertiary/aromatic N) is 4. The molecular weight excluding hydrogens is 589 g/mol. The lowest BCUT2D eigenvalue weighted by Gasteiger charge is -2.40. The summed E-state index contributed by atoms with van der Waals surface area (Å²) in [4.78, 5) is 29.2. The van der Waals surface area contributed by atoms with Crippen molar-refractivity contribution in [2.45, 2.75) is 5.41 Å². The smallest absolute Gasteiger partial charge is 0.262 e. The van der Waals surface area contributed by atoms with Crippen molar-refractivity contribution < 1.29 is 4.79 Å². The van der Waals surface area contributed by atoms with E-state index in [4.69, 9.17) is 15.0 Å². The molecule has 0 aliphatic carbocycles. The van der Waals surface area contributed by atoms with Gasteiger partial charge in [0, 0.05) is 33.3 Å². The summed E-state index contributed by atoms with van der Waals surface area (Å²) in [6, 6.07) is 57.2. The third-order valence-corrected chi connectivity index (χ3v) is 9.32. The fourth-order valence-electron chi connectivity index (χ4n) is 7.19. The van der Waals surface area contributed by atoms with Gasteiger partial charge in [0.2, 0.25) is 0 Å². The van der Waals surface area contributed by atoms with Crippen molar-refractivity contribution in [3.8, 4) is 34.2 Å². The molecule has 0 bridgehead atoms. The molecule has 2 aromatic heterocycles. The summed E-state index contributed by atoms with van der Waals surface area (Å²) in [5.74, 6) is 1.74. The minimum Gasteiger partial charge on any atom is -0.279 e. The number of hydrogen-bond acceptors (Lipinski definition) is 4. The van der Waals surface area contributed by atoms with E-state index in [9.17, 15) is 4.79 Å². The number of hydrogen-bond donors (Lipinski definition) is 0. The van der Waals surface area contributed by atoms with Crippen LogP contribution < -0.4 is 0 Å². The Morgan fingerprint density at radius 2 is 0.938 bits per heavy atom. The van der Waals surface area contributed by atoms with Crippen molar-refractivity contribution in [2.75, 3.05) is 0 Å². The maximum atomic E-state index is 14.4. The fraction of sp³-hybridized carbons (Fsp3) is 0.0233. The second kappa shape index (κ2) is 11.1. The quantitative estimate of drug-likeness (QED) is 0.193. The summed E-state index contributed by atoms with van der Waals surface area (Å²) < 4.78 is 1.90. The van der Waals surface area contributed by atoms with Gasteiger partial charge in [0.05, 0.1) is 10.9 Å². The lowest BCUT2D eigenvalue weighted by Crippen LogP contribution is -2.40. The molecule has 1 aliphatic heterocycles. The van der Waals surface area contributed by atoms with Gasteiger partial charge in [-0.15, -0.1) is 0 Å². The zero-order chi connectivity index (χ0) is 32.1. The minimum atomic E-state index is -0.722. The second-order valence-electron chi connectivity index (χ2n) is 12.0. The zero-order valence-electron chi connectivity index (χ0n) is 25.9. The highest BCUT2D eigenvalue weighted by atomic mass is 16.2. The van der Waals surface area contributed by atoms with Crippen LogP contribution in [0.25, 0.3) is 45.1 Å². The van der Waals surface area contributed by atoms with Crippen molar-refractivity contribution in [1.82, 2.24) is 19.5 Å². The number of aromatic nitrogens is 4. The van der Waals surface area contributed by atoms with Crippen molar-refractivity contribution in [1.29, 1.82) is 0 Å². The van der Waals surface area contributed by atoms with Gasteiger partial charge in [-0.1, -0.05) is 140 Å². The summed E-state index contributed by atoms with van der Waals surface area (Å²) in [6.07, 6.45) is 0. The second-order valence-corrected chi connectivity index (χ2v) is 12.0. The lowest BCUT2D eigenvalue weighted by atomic mass is 9.64. The summed E-state index contributed by atoms with van der Waals surface area (Å²) in [7, 11) is 0. The van der Waals surface area contributed by atoms with E-state index in [1.54, 1.807) is 0 Å². The highest BCUT2D eigenvalue weighted by Gasteiger charge is 2.47. The first-order chi connectivity index (χ1) is 23.7. The highest BCUT2D eigenvalue weighted by Crippen LogP contribution is 2.50. The molecule has 0 spiro atoms. The topological polar surface area (TPSA) is 60.7 Å². The van der Waals surface area contributed by atoms with Gasteiger partial charge in [-0.05, 0) is 47.0 Å². The van der Waals surface area contributed by atoms with E-state index in [0.29, 0.717) is 23.0 Å². The van der Waals surface area contributed by atoms with E-state index >= 15 is 0 Å². The molecular formula is C43H28N4O. The fourth-order valence-corrected chi connectivity index (χ4v) is 7.19. The van der Waals surface area contributed by atoms with Gasteiger partial charge in [0.1, 0.15) is 0 Å². The molecule has 0 fully saturated rings. The molecule has 48 heavy (non-hydrogen) atoms. The minimum absolute atomic E-state index is 0.0382. The van der Waals surface area contributed by atoms with Crippen LogP contribution in [0.3, 0.4) is 0 Å². The van der Waals surface area contributed by atoms with Crippen LogP contribution in [0.5, 0.6) is 0 Å². The Labute approximate surface area is 277 Å². The molecule has 9 rings (SSSR count). The van der Waals surface area contributed by atoms with E-state index in [-0.39, 0.29) is 5.91 Å².